The van der Waals surface area contributed by atoms with Gasteiger partial charge >= 0.3 is 0 Å². The van der Waals surface area contributed by atoms with Crippen molar-refractivity contribution in [3.63, 3.8) is 0 Å². The van der Waals surface area contributed by atoms with E-state index >= 15 is 0 Å². The zero-order valence-corrected chi connectivity index (χ0v) is 18.9. The summed E-state index contributed by atoms with van der Waals surface area (Å²) in [5, 5.41) is 2.77. The highest BCUT2D eigenvalue weighted by Gasteiger charge is 2.44. The van der Waals surface area contributed by atoms with Crippen molar-refractivity contribution in [3.8, 4) is 11.1 Å². The molecular weight excluding hydrogens is 402 g/mol. The van der Waals surface area contributed by atoms with E-state index < -0.39 is 5.60 Å². The summed E-state index contributed by atoms with van der Waals surface area (Å²) >= 11 is 0. The second-order valence-corrected chi connectivity index (χ2v) is 9.04. The second-order valence-electron chi connectivity index (χ2n) is 9.04. The normalized spacial score (nSPS) is 21.5. The lowest BCUT2D eigenvalue weighted by atomic mass is 9.89. The Kier molecular flexibility index (Phi) is 7.20. The van der Waals surface area contributed by atoms with Gasteiger partial charge in [-0.1, -0.05) is 49.9 Å². The van der Waals surface area contributed by atoms with Gasteiger partial charge in [0.1, 0.15) is 0 Å². The zero-order valence-electron chi connectivity index (χ0n) is 18.9. The number of rotatable bonds is 7. The first kappa shape index (κ1) is 22.5. The minimum absolute atomic E-state index is 0.138. The number of hydrogen-bond acceptors (Lipinski definition) is 4. The van der Waals surface area contributed by atoms with E-state index in [1.807, 2.05) is 35.2 Å². The number of ether oxygens (including phenoxy) is 1. The van der Waals surface area contributed by atoms with Gasteiger partial charge in [-0.15, -0.1) is 0 Å². The Balaban J connectivity index is 1.49. The lowest BCUT2D eigenvalue weighted by Gasteiger charge is -2.41. The number of pyridine rings is 1. The lowest BCUT2D eigenvalue weighted by Crippen LogP contribution is -2.61. The molecule has 2 amide bonds. The summed E-state index contributed by atoms with van der Waals surface area (Å²) < 4.78 is 6.11. The van der Waals surface area contributed by atoms with E-state index in [9.17, 15) is 9.59 Å². The molecule has 2 heterocycles. The highest BCUT2D eigenvalue weighted by atomic mass is 16.5. The SMILES string of the molecule is CNC(=O)[C@]1(Cc2cccc(-c3ccncc3)c2)CN(C(=O)CCC2CCCC2)CCO1. The Morgan fingerprint density at radius 3 is 2.69 bits per heavy atom. The molecule has 170 valence electrons. The third-order valence-electron chi connectivity index (χ3n) is 6.85. The Hall–Kier alpha value is -2.73. The van der Waals surface area contributed by atoms with Gasteiger partial charge in [0.05, 0.1) is 13.2 Å². The molecule has 0 bridgehead atoms. The topological polar surface area (TPSA) is 71.5 Å². The summed E-state index contributed by atoms with van der Waals surface area (Å²) in [6.07, 6.45) is 10.5. The van der Waals surface area contributed by atoms with Crippen molar-refractivity contribution in [2.45, 2.75) is 50.5 Å². The number of benzene rings is 1. The molecule has 0 unspecified atom stereocenters. The van der Waals surface area contributed by atoms with Crippen LogP contribution in [0.4, 0.5) is 0 Å². The van der Waals surface area contributed by atoms with Crippen LogP contribution in [0.3, 0.4) is 0 Å². The molecule has 2 fully saturated rings. The molecule has 6 heteroatoms. The molecule has 32 heavy (non-hydrogen) atoms. The molecule has 2 aliphatic rings. The van der Waals surface area contributed by atoms with E-state index in [4.69, 9.17) is 4.74 Å². The summed E-state index contributed by atoms with van der Waals surface area (Å²) in [5.74, 6) is 0.638. The van der Waals surface area contributed by atoms with Gasteiger partial charge < -0.3 is 15.0 Å². The van der Waals surface area contributed by atoms with Crippen LogP contribution in [-0.2, 0) is 20.7 Å². The monoisotopic (exact) mass is 435 g/mol. The summed E-state index contributed by atoms with van der Waals surface area (Å²) in [7, 11) is 1.63. The summed E-state index contributed by atoms with van der Waals surface area (Å²) in [5.41, 5.74) is 2.07. The quantitative estimate of drug-likeness (QED) is 0.721. The van der Waals surface area contributed by atoms with Crippen LogP contribution in [0.25, 0.3) is 11.1 Å². The van der Waals surface area contributed by atoms with Gasteiger partial charge in [0.25, 0.3) is 5.91 Å². The van der Waals surface area contributed by atoms with Gasteiger partial charge in [0.15, 0.2) is 5.60 Å². The number of nitrogens with zero attached hydrogens (tertiary/aromatic N) is 2. The molecular formula is C26H33N3O3. The first-order chi connectivity index (χ1) is 15.6. The average Bonchev–Trinajstić information content (AvgIpc) is 3.36. The third-order valence-corrected chi connectivity index (χ3v) is 6.85. The van der Waals surface area contributed by atoms with Crippen LogP contribution in [-0.4, -0.2) is 54.0 Å². The van der Waals surface area contributed by atoms with E-state index in [-0.39, 0.29) is 18.4 Å². The molecule has 1 aromatic heterocycles. The van der Waals surface area contributed by atoms with Crippen molar-refractivity contribution < 1.29 is 14.3 Å². The lowest BCUT2D eigenvalue weighted by molar-refractivity contribution is -0.165. The van der Waals surface area contributed by atoms with Gasteiger partial charge in [0, 0.05) is 38.8 Å². The Labute approximate surface area is 190 Å². The Morgan fingerprint density at radius 1 is 1.16 bits per heavy atom. The molecule has 4 rings (SSSR count). The van der Waals surface area contributed by atoms with E-state index in [0.717, 1.165) is 23.1 Å². The number of hydrogen-bond donors (Lipinski definition) is 1. The molecule has 6 nitrogen and oxygen atoms in total. The van der Waals surface area contributed by atoms with Crippen molar-refractivity contribution in [3.05, 3.63) is 54.4 Å². The zero-order chi connectivity index (χ0) is 22.4. The molecule has 1 atom stereocenters. The highest BCUT2D eigenvalue weighted by molar-refractivity contribution is 5.87. The van der Waals surface area contributed by atoms with Crippen molar-refractivity contribution in [2.75, 3.05) is 26.7 Å². The fourth-order valence-electron chi connectivity index (χ4n) is 5.07. The van der Waals surface area contributed by atoms with E-state index in [0.29, 0.717) is 31.9 Å². The summed E-state index contributed by atoms with van der Waals surface area (Å²) in [6.45, 7) is 1.20. The molecule has 1 aliphatic carbocycles. The van der Waals surface area contributed by atoms with E-state index in [1.165, 1.54) is 25.7 Å². The number of likely N-dealkylation sites (N-methyl/N-ethyl adjacent to an activating group) is 1. The smallest absolute Gasteiger partial charge is 0.254 e. The number of carbonyl (C=O) groups excluding carboxylic acids is 2. The van der Waals surface area contributed by atoms with Crippen molar-refractivity contribution >= 4 is 11.8 Å². The van der Waals surface area contributed by atoms with Crippen LogP contribution in [0.15, 0.2) is 48.8 Å². The van der Waals surface area contributed by atoms with E-state index in [1.54, 1.807) is 19.4 Å². The molecule has 1 saturated heterocycles. The number of aromatic nitrogens is 1. The van der Waals surface area contributed by atoms with Crippen molar-refractivity contribution in [2.24, 2.45) is 5.92 Å². The molecule has 1 aromatic carbocycles. The minimum Gasteiger partial charge on any atom is -0.361 e. The maximum atomic E-state index is 13.0. The average molecular weight is 436 g/mol. The molecule has 1 aliphatic heterocycles. The summed E-state index contributed by atoms with van der Waals surface area (Å²) in [4.78, 5) is 31.9. The van der Waals surface area contributed by atoms with Gasteiger partial charge in [-0.25, -0.2) is 0 Å². The Bertz CT molecular complexity index is 927. The van der Waals surface area contributed by atoms with Gasteiger partial charge in [-0.2, -0.15) is 0 Å². The van der Waals surface area contributed by atoms with Gasteiger partial charge in [-0.05, 0) is 41.2 Å². The number of amides is 2. The fourth-order valence-corrected chi connectivity index (χ4v) is 5.07. The third kappa shape index (κ3) is 5.18. The molecule has 2 aromatic rings. The maximum Gasteiger partial charge on any atom is 0.254 e. The maximum absolute atomic E-state index is 13.0. The predicted molar refractivity (Wildman–Crippen MR) is 124 cm³/mol. The number of nitrogens with one attached hydrogen (secondary N) is 1. The van der Waals surface area contributed by atoms with Crippen LogP contribution in [0, 0.1) is 5.92 Å². The van der Waals surface area contributed by atoms with Crippen molar-refractivity contribution in [1.29, 1.82) is 0 Å². The van der Waals surface area contributed by atoms with Crippen LogP contribution in [0.1, 0.15) is 44.1 Å². The van der Waals surface area contributed by atoms with Crippen LogP contribution >= 0.6 is 0 Å². The molecule has 0 spiro atoms. The largest absolute Gasteiger partial charge is 0.361 e. The first-order valence-corrected chi connectivity index (χ1v) is 11.7. The summed E-state index contributed by atoms with van der Waals surface area (Å²) in [6, 6.07) is 12.1. The standard InChI is InChI=1S/C26H33N3O3/c1-27-25(31)26(18-21-7-4-8-23(17-21)22-11-13-28-14-12-22)19-29(15-16-32-26)24(30)10-9-20-5-2-3-6-20/h4,7-8,11-14,17,20H,2-3,5-6,9-10,15-16,18-19H2,1H3,(H,27,31)/t26-/m0/s1. The Morgan fingerprint density at radius 2 is 1.94 bits per heavy atom. The van der Waals surface area contributed by atoms with Crippen molar-refractivity contribution in [1.82, 2.24) is 15.2 Å². The van der Waals surface area contributed by atoms with Crippen LogP contribution < -0.4 is 5.32 Å². The number of morpholine rings is 1. The van der Waals surface area contributed by atoms with Crippen LogP contribution in [0.2, 0.25) is 0 Å². The van der Waals surface area contributed by atoms with Crippen LogP contribution in [0.5, 0.6) is 0 Å². The minimum atomic E-state index is -1.08. The highest BCUT2D eigenvalue weighted by Crippen LogP contribution is 2.30. The van der Waals surface area contributed by atoms with Gasteiger partial charge in [0.2, 0.25) is 5.91 Å². The molecule has 1 N–H and O–H groups in total. The van der Waals surface area contributed by atoms with E-state index in [2.05, 4.69) is 16.4 Å². The number of carbonyl (C=O) groups is 2. The second kappa shape index (κ2) is 10.3. The molecule has 0 radical (unpaired) electrons. The fraction of sp³-hybridized carbons (Fsp3) is 0.500. The predicted octanol–water partition coefficient (Wildman–Crippen LogP) is 3.61. The van der Waals surface area contributed by atoms with Gasteiger partial charge in [-0.3, -0.25) is 14.6 Å². The first-order valence-electron chi connectivity index (χ1n) is 11.7. The molecule has 1 saturated carbocycles.